The van der Waals surface area contributed by atoms with Crippen LogP contribution in [-0.4, -0.2) is 17.0 Å². The number of rotatable bonds is 7. The van der Waals surface area contributed by atoms with Crippen LogP contribution < -0.4 is 10.2 Å². The molecule has 0 atom stereocenters. The smallest absolute Gasteiger partial charge is 0.282 e. The average molecular weight is 410 g/mol. The summed E-state index contributed by atoms with van der Waals surface area (Å²) in [6.07, 6.45) is 1.44. The standard InChI is InChI=1S/C21H16ClN3O4/c22-17-9-5-16(6-10-17)14-29-18-11-7-15(8-12-18)13-23-24-21(26)19-3-1-2-4-20(19)25(27)28/h1-13H,14H2,(H,24,26)/b23-13+. The summed E-state index contributed by atoms with van der Waals surface area (Å²) in [5.41, 5.74) is 3.69. The molecule has 0 aliphatic rings. The van der Waals surface area contributed by atoms with E-state index in [0.717, 1.165) is 11.1 Å². The normalized spacial score (nSPS) is 10.7. The molecule has 0 heterocycles. The maximum Gasteiger partial charge on any atom is 0.282 e. The van der Waals surface area contributed by atoms with Gasteiger partial charge in [0.25, 0.3) is 11.6 Å². The van der Waals surface area contributed by atoms with Crippen LogP contribution in [0.3, 0.4) is 0 Å². The first kappa shape index (κ1) is 20.0. The number of amides is 1. The zero-order valence-electron chi connectivity index (χ0n) is 15.1. The molecule has 7 nitrogen and oxygen atoms in total. The summed E-state index contributed by atoms with van der Waals surface area (Å²) in [5.74, 6) is 0.0255. The first-order chi connectivity index (χ1) is 14.0. The molecule has 0 bridgehead atoms. The molecule has 0 unspecified atom stereocenters. The highest BCUT2D eigenvalue weighted by Crippen LogP contribution is 2.17. The van der Waals surface area contributed by atoms with Crippen molar-refractivity contribution in [1.82, 2.24) is 5.43 Å². The predicted octanol–water partition coefficient (Wildman–Crippen LogP) is 4.59. The second kappa shape index (κ2) is 9.48. The van der Waals surface area contributed by atoms with E-state index in [4.69, 9.17) is 16.3 Å². The Hall–Kier alpha value is -3.71. The van der Waals surface area contributed by atoms with E-state index in [9.17, 15) is 14.9 Å². The van der Waals surface area contributed by atoms with Crippen LogP contribution >= 0.6 is 11.6 Å². The maximum absolute atomic E-state index is 12.1. The maximum atomic E-state index is 12.1. The quantitative estimate of drug-likeness (QED) is 0.351. The number of carbonyl (C=O) groups is 1. The number of ether oxygens (including phenoxy) is 1. The van der Waals surface area contributed by atoms with Gasteiger partial charge >= 0.3 is 0 Å². The number of halogens is 1. The number of hydrogen-bond donors (Lipinski definition) is 1. The lowest BCUT2D eigenvalue weighted by Crippen LogP contribution is -2.18. The Labute approximate surface area is 171 Å². The minimum Gasteiger partial charge on any atom is -0.489 e. The molecule has 1 amide bonds. The van der Waals surface area contributed by atoms with E-state index in [1.165, 1.54) is 24.4 Å². The van der Waals surface area contributed by atoms with Crippen LogP contribution in [0.1, 0.15) is 21.5 Å². The van der Waals surface area contributed by atoms with Gasteiger partial charge in [0.15, 0.2) is 0 Å². The van der Waals surface area contributed by atoms with Gasteiger partial charge in [-0.2, -0.15) is 5.10 Å². The number of nitro benzene ring substituents is 1. The van der Waals surface area contributed by atoms with Crippen molar-refractivity contribution in [2.75, 3.05) is 0 Å². The van der Waals surface area contributed by atoms with Crippen LogP contribution in [0.15, 0.2) is 77.9 Å². The molecule has 3 aromatic carbocycles. The van der Waals surface area contributed by atoms with Crippen LogP contribution in [-0.2, 0) is 6.61 Å². The molecule has 3 aromatic rings. The molecule has 1 N–H and O–H groups in total. The van der Waals surface area contributed by atoms with Crippen molar-refractivity contribution in [3.63, 3.8) is 0 Å². The first-order valence-electron chi connectivity index (χ1n) is 8.57. The number of benzene rings is 3. The zero-order chi connectivity index (χ0) is 20.6. The van der Waals surface area contributed by atoms with Crippen molar-refractivity contribution < 1.29 is 14.5 Å². The molecule has 146 valence electrons. The molecule has 8 heteroatoms. The van der Waals surface area contributed by atoms with Gasteiger partial charge in [-0.05, 0) is 53.6 Å². The molecule has 0 aliphatic carbocycles. The Kier molecular flexibility index (Phi) is 6.55. The van der Waals surface area contributed by atoms with Gasteiger partial charge in [0.1, 0.15) is 17.9 Å². The third kappa shape index (κ3) is 5.63. The van der Waals surface area contributed by atoms with Crippen LogP contribution in [0.5, 0.6) is 5.75 Å². The minimum atomic E-state index is -0.656. The molecule has 29 heavy (non-hydrogen) atoms. The van der Waals surface area contributed by atoms with Gasteiger partial charge < -0.3 is 4.74 Å². The van der Waals surface area contributed by atoms with E-state index in [1.54, 1.807) is 42.5 Å². The van der Waals surface area contributed by atoms with Crippen molar-refractivity contribution in [3.05, 3.63) is 105 Å². The van der Waals surface area contributed by atoms with E-state index in [0.29, 0.717) is 17.4 Å². The third-order valence-corrected chi connectivity index (χ3v) is 4.18. The predicted molar refractivity (Wildman–Crippen MR) is 110 cm³/mol. The van der Waals surface area contributed by atoms with Gasteiger partial charge in [-0.1, -0.05) is 35.9 Å². The first-order valence-corrected chi connectivity index (χ1v) is 8.95. The number of nitrogens with zero attached hydrogens (tertiary/aromatic N) is 2. The van der Waals surface area contributed by atoms with Gasteiger partial charge in [0.05, 0.1) is 11.1 Å². The highest BCUT2D eigenvalue weighted by molar-refractivity contribution is 6.30. The lowest BCUT2D eigenvalue weighted by atomic mass is 10.2. The van der Waals surface area contributed by atoms with Crippen LogP contribution in [0.25, 0.3) is 0 Å². The van der Waals surface area contributed by atoms with Crippen molar-refractivity contribution in [3.8, 4) is 5.75 Å². The summed E-state index contributed by atoms with van der Waals surface area (Å²) in [4.78, 5) is 22.5. The summed E-state index contributed by atoms with van der Waals surface area (Å²) >= 11 is 5.85. The largest absolute Gasteiger partial charge is 0.489 e. The number of nitro groups is 1. The Morgan fingerprint density at radius 1 is 1.07 bits per heavy atom. The van der Waals surface area contributed by atoms with Crippen molar-refractivity contribution in [2.24, 2.45) is 5.10 Å². The van der Waals surface area contributed by atoms with E-state index >= 15 is 0 Å². The number of hydrogen-bond acceptors (Lipinski definition) is 5. The summed E-state index contributed by atoms with van der Waals surface area (Å²) in [7, 11) is 0. The molecule has 3 rings (SSSR count). The zero-order valence-corrected chi connectivity index (χ0v) is 15.9. The SMILES string of the molecule is O=C(N/N=C/c1ccc(OCc2ccc(Cl)cc2)cc1)c1ccccc1[N+](=O)[O-]. The van der Waals surface area contributed by atoms with Crippen LogP contribution in [0.4, 0.5) is 5.69 Å². The monoisotopic (exact) mass is 409 g/mol. The second-order valence-corrected chi connectivity index (χ2v) is 6.39. The number of para-hydroxylation sites is 1. The van der Waals surface area contributed by atoms with Crippen molar-refractivity contribution >= 4 is 29.4 Å². The number of carbonyl (C=O) groups excluding carboxylic acids is 1. The fourth-order valence-electron chi connectivity index (χ4n) is 2.45. The Morgan fingerprint density at radius 3 is 2.45 bits per heavy atom. The fourth-order valence-corrected chi connectivity index (χ4v) is 2.57. The number of nitrogens with one attached hydrogen (secondary N) is 1. The molecular weight excluding hydrogens is 394 g/mol. The highest BCUT2D eigenvalue weighted by Gasteiger charge is 2.18. The van der Waals surface area contributed by atoms with E-state index in [-0.39, 0.29) is 11.3 Å². The van der Waals surface area contributed by atoms with Crippen molar-refractivity contribution in [1.29, 1.82) is 0 Å². The molecule has 0 saturated carbocycles. The van der Waals surface area contributed by atoms with Crippen LogP contribution in [0, 0.1) is 10.1 Å². The average Bonchev–Trinajstić information content (AvgIpc) is 2.74. The van der Waals surface area contributed by atoms with E-state index < -0.39 is 10.8 Å². The van der Waals surface area contributed by atoms with E-state index in [1.807, 2.05) is 12.1 Å². The Bertz CT molecular complexity index is 1030. The summed E-state index contributed by atoms with van der Waals surface area (Å²) in [5, 5.41) is 15.5. The van der Waals surface area contributed by atoms with Gasteiger partial charge in [0.2, 0.25) is 0 Å². The lowest BCUT2D eigenvalue weighted by Gasteiger charge is -2.06. The molecular formula is C21H16ClN3O4. The van der Waals surface area contributed by atoms with Gasteiger partial charge in [0, 0.05) is 11.1 Å². The van der Waals surface area contributed by atoms with Gasteiger partial charge in [-0.3, -0.25) is 14.9 Å². The van der Waals surface area contributed by atoms with Crippen molar-refractivity contribution in [2.45, 2.75) is 6.61 Å². The Morgan fingerprint density at radius 2 is 1.76 bits per heavy atom. The molecule has 0 aromatic heterocycles. The number of hydrazone groups is 1. The third-order valence-electron chi connectivity index (χ3n) is 3.92. The van der Waals surface area contributed by atoms with Gasteiger partial charge in [-0.15, -0.1) is 0 Å². The van der Waals surface area contributed by atoms with Crippen LogP contribution in [0.2, 0.25) is 5.02 Å². The molecule has 0 spiro atoms. The fraction of sp³-hybridized carbons (Fsp3) is 0.0476. The van der Waals surface area contributed by atoms with E-state index in [2.05, 4.69) is 10.5 Å². The minimum absolute atomic E-state index is 0.0550. The topological polar surface area (TPSA) is 93.8 Å². The molecule has 0 fully saturated rings. The summed E-state index contributed by atoms with van der Waals surface area (Å²) in [6.45, 7) is 0.413. The molecule has 0 radical (unpaired) electrons. The van der Waals surface area contributed by atoms with Gasteiger partial charge in [-0.25, -0.2) is 5.43 Å². The molecule has 0 saturated heterocycles. The highest BCUT2D eigenvalue weighted by atomic mass is 35.5. The molecule has 0 aliphatic heterocycles. The lowest BCUT2D eigenvalue weighted by molar-refractivity contribution is -0.385. The summed E-state index contributed by atoms with van der Waals surface area (Å²) in [6, 6.07) is 20.2. The second-order valence-electron chi connectivity index (χ2n) is 5.96. The summed E-state index contributed by atoms with van der Waals surface area (Å²) < 4.78 is 5.70. The Balaban J connectivity index is 1.55.